The first-order valence-corrected chi connectivity index (χ1v) is 7.57. The largest absolute Gasteiger partial charge is 0.479 e. The number of nitrogens with zero attached hydrogens (tertiary/aromatic N) is 1. The number of rotatable bonds is 6. The summed E-state index contributed by atoms with van der Waals surface area (Å²) >= 11 is 6.11. The lowest BCUT2D eigenvalue weighted by Crippen LogP contribution is -2.37. The summed E-state index contributed by atoms with van der Waals surface area (Å²) in [5.74, 6) is 0.369. The molecule has 0 spiro atoms. The highest BCUT2D eigenvalue weighted by Gasteiger charge is 2.19. The molecule has 0 saturated carbocycles. The van der Waals surface area contributed by atoms with E-state index in [1.807, 2.05) is 38.1 Å². The molecule has 2 rings (SSSR count). The molecule has 0 radical (unpaired) electrons. The van der Waals surface area contributed by atoms with Crippen LogP contribution in [0, 0.1) is 6.92 Å². The molecule has 0 aliphatic carbocycles. The third-order valence-corrected chi connectivity index (χ3v) is 3.52. The standard InChI is InChI=1S/C17H19ClN2O2/c1-3-15(22-16-9-12(2)6-7-14(16)18)17(21)20-11-13-5-4-8-19-10-13/h4-10,15H,3,11H2,1-2H3,(H,20,21). The summed E-state index contributed by atoms with van der Waals surface area (Å²) in [6.07, 6.45) is 3.40. The number of amides is 1. The van der Waals surface area contributed by atoms with E-state index in [9.17, 15) is 4.79 Å². The van der Waals surface area contributed by atoms with Gasteiger partial charge in [-0.2, -0.15) is 0 Å². The second-order valence-electron chi connectivity index (χ2n) is 5.03. The third-order valence-electron chi connectivity index (χ3n) is 3.21. The number of aromatic nitrogens is 1. The number of carbonyl (C=O) groups is 1. The van der Waals surface area contributed by atoms with E-state index in [0.717, 1.165) is 11.1 Å². The van der Waals surface area contributed by atoms with Gasteiger partial charge in [0.1, 0.15) is 5.75 Å². The average Bonchev–Trinajstić information content (AvgIpc) is 2.54. The van der Waals surface area contributed by atoms with Crippen molar-refractivity contribution in [2.75, 3.05) is 0 Å². The van der Waals surface area contributed by atoms with Crippen LogP contribution in [0.3, 0.4) is 0 Å². The number of nitrogens with one attached hydrogen (secondary N) is 1. The van der Waals surface area contributed by atoms with Crippen molar-refractivity contribution in [2.45, 2.75) is 32.9 Å². The van der Waals surface area contributed by atoms with Crippen molar-refractivity contribution in [3.05, 3.63) is 58.9 Å². The Morgan fingerprint density at radius 3 is 2.91 bits per heavy atom. The monoisotopic (exact) mass is 318 g/mol. The molecule has 1 amide bonds. The lowest BCUT2D eigenvalue weighted by Gasteiger charge is -2.18. The highest BCUT2D eigenvalue weighted by molar-refractivity contribution is 6.32. The molecule has 0 aliphatic rings. The Bertz CT molecular complexity index is 632. The van der Waals surface area contributed by atoms with Crippen LogP contribution in [0.2, 0.25) is 5.02 Å². The number of halogens is 1. The summed E-state index contributed by atoms with van der Waals surface area (Å²) in [5.41, 5.74) is 1.98. The van der Waals surface area contributed by atoms with Gasteiger partial charge >= 0.3 is 0 Å². The SMILES string of the molecule is CCC(Oc1cc(C)ccc1Cl)C(=O)NCc1cccnc1. The molecule has 5 heteroatoms. The molecule has 116 valence electrons. The van der Waals surface area contributed by atoms with Gasteiger partial charge in [-0.3, -0.25) is 9.78 Å². The van der Waals surface area contributed by atoms with Crippen molar-refractivity contribution in [2.24, 2.45) is 0 Å². The van der Waals surface area contributed by atoms with Crippen LogP contribution in [0.25, 0.3) is 0 Å². The maximum atomic E-state index is 12.2. The number of carbonyl (C=O) groups excluding carboxylic acids is 1. The highest BCUT2D eigenvalue weighted by Crippen LogP contribution is 2.26. The summed E-state index contributed by atoms with van der Waals surface area (Å²) in [6.45, 7) is 4.28. The van der Waals surface area contributed by atoms with Gasteiger partial charge in [0.2, 0.25) is 0 Å². The molecule has 2 aromatic rings. The van der Waals surface area contributed by atoms with Crippen LogP contribution in [-0.4, -0.2) is 17.0 Å². The van der Waals surface area contributed by atoms with Crippen LogP contribution in [0.1, 0.15) is 24.5 Å². The first-order valence-electron chi connectivity index (χ1n) is 7.19. The summed E-state index contributed by atoms with van der Waals surface area (Å²) in [7, 11) is 0. The number of hydrogen-bond donors (Lipinski definition) is 1. The topological polar surface area (TPSA) is 51.2 Å². The fourth-order valence-corrected chi connectivity index (χ4v) is 2.14. The maximum Gasteiger partial charge on any atom is 0.261 e. The molecule has 1 unspecified atom stereocenters. The van der Waals surface area contributed by atoms with Crippen molar-refractivity contribution in [1.29, 1.82) is 0 Å². The van der Waals surface area contributed by atoms with E-state index in [4.69, 9.17) is 16.3 Å². The summed E-state index contributed by atoms with van der Waals surface area (Å²) in [4.78, 5) is 16.3. The van der Waals surface area contributed by atoms with E-state index in [0.29, 0.717) is 23.7 Å². The Morgan fingerprint density at radius 1 is 1.41 bits per heavy atom. The first kappa shape index (κ1) is 16.3. The predicted molar refractivity (Wildman–Crippen MR) is 87.0 cm³/mol. The number of pyridine rings is 1. The minimum absolute atomic E-state index is 0.163. The summed E-state index contributed by atoms with van der Waals surface area (Å²) < 4.78 is 5.77. The Morgan fingerprint density at radius 2 is 2.23 bits per heavy atom. The fraction of sp³-hybridized carbons (Fsp3) is 0.294. The van der Waals surface area contributed by atoms with Crippen molar-refractivity contribution < 1.29 is 9.53 Å². The second-order valence-corrected chi connectivity index (χ2v) is 5.43. The van der Waals surface area contributed by atoms with Crippen LogP contribution < -0.4 is 10.1 Å². The van der Waals surface area contributed by atoms with Gasteiger partial charge in [-0.25, -0.2) is 0 Å². The van der Waals surface area contributed by atoms with Crippen molar-refractivity contribution in [3.8, 4) is 5.75 Å². The highest BCUT2D eigenvalue weighted by atomic mass is 35.5. The van der Waals surface area contributed by atoms with E-state index >= 15 is 0 Å². The third kappa shape index (κ3) is 4.46. The van der Waals surface area contributed by atoms with Crippen LogP contribution in [0.15, 0.2) is 42.7 Å². The van der Waals surface area contributed by atoms with Crippen molar-refractivity contribution in [3.63, 3.8) is 0 Å². The van der Waals surface area contributed by atoms with Crippen LogP contribution in [-0.2, 0) is 11.3 Å². The molecule has 0 fully saturated rings. The number of hydrogen-bond acceptors (Lipinski definition) is 3. The van der Waals surface area contributed by atoms with Gasteiger partial charge in [0.05, 0.1) is 5.02 Å². The molecule has 22 heavy (non-hydrogen) atoms. The summed E-state index contributed by atoms with van der Waals surface area (Å²) in [5, 5.41) is 3.36. The average molecular weight is 319 g/mol. The van der Waals surface area contributed by atoms with E-state index in [-0.39, 0.29) is 5.91 Å². The normalized spacial score (nSPS) is 11.8. The van der Waals surface area contributed by atoms with E-state index in [2.05, 4.69) is 10.3 Å². The molecule has 0 bridgehead atoms. The zero-order chi connectivity index (χ0) is 15.9. The van der Waals surface area contributed by atoms with E-state index in [1.54, 1.807) is 18.5 Å². The van der Waals surface area contributed by atoms with E-state index < -0.39 is 6.10 Å². The Labute approximate surface area is 135 Å². The Balaban J connectivity index is 1.98. The smallest absolute Gasteiger partial charge is 0.261 e. The van der Waals surface area contributed by atoms with E-state index in [1.165, 1.54) is 0 Å². The van der Waals surface area contributed by atoms with Gasteiger partial charge in [-0.1, -0.05) is 30.7 Å². The fourth-order valence-electron chi connectivity index (χ4n) is 1.98. The molecule has 1 aromatic heterocycles. The van der Waals surface area contributed by atoms with Crippen molar-refractivity contribution >= 4 is 17.5 Å². The minimum Gasteiger partial charge on any atom is -0.479 e. The molecule has 1 atom stereocenters. The predicted octanol–water partition coefficient (Wildman–Crippen LogP) is 3.52. The Hall–Kier alpha value is -2.07. The quantitative estimate of drug-likeness (QED) is 0.886. The number of aryl methyl sites for hydroxylation is 1. The van der Waals surface area contributed by atoms with Crippen molar-refractivity contribution in [1.82, 2.24) is 10.3 Å². The van der Waals surface area contributed by atoms with Gasteiger partial charge in [0, 0.05) is 18.9 Å². The molecular weight excluding hydrogens is 300 g/mol. The molecule has 4 nitrogen and oxygen atoms in total. The lowest BCUT2D eigenvalue weighted by atomic mass is 10.2. The van der Waals surface area contributed by atoms with Gasteiger partial charge in [-0.05, 0) is 42.7 Å². The molecule has 1 heterocycles. The zero-order valence-corrected chi connectivity index (χ0v) is 13.4. The molecule has 0 saturated heterocycles. The van der Waals surface area contributed by atoms with Gasteiger partial charge in [0.15, 0.2) is 6.10 Å². The van der Waals surface area contributed by atoms with Crippen LogP contribution in [0.5, 0.6) is 5.75 Å². The number of ether oxygens (including phenoxy) is 1. The maximum absolute atomic E-state index is 12.2. The molecular formula is C17H19ClN2O2. The zero-order valence-electron chi connectivity index (χ0n) is 12.7. The molecule has 1 aromatic carbocycles. The van der Waals surface area contributed by atoms with Crippen LogP contribution >= 0.6 is 11.6 Å². The second kappa shape index (κ2) is 7.80. The van der Waals surface area contributed by atoms with Gasteiger partial charge in [-0.15, -0.1) is 0 Å². The minimum atomic E-state index is -0.573. The first-order chi connectivity index (χ1) is 10.6. The van der Waals surface area contributed by atoms with Gasteiger partial charge in [0.25, 0.3) is 5.91 Å². The van der Waals surface area contributed by atoms with Gasteiger partial charge < -0.3 is 10.1 Å². The Kier molecular flexibility index (Phi) is 5.78. The lowest BCUT2D eigenvalue weighted by molar-refractivity contribution is -0.128. The summed E-state index contributed by atoms with van der Waals surface area (Å²) in [6, 6.07) is 9.25. The van der Waals surface area contributed by atoms with Crippen LogP contribution in [0.4, 0.5) is 0 Å². The number of benzene rings is 1. The molecule has 1 N–H and O–H groups in total. The molecule has 0 aliphatic heterocycles.